The Balaban J connectivity index is 1.44. The molecule has 2 aliphatic heterocycles. The van der Waals surface area contributed by atoms with Gasteiger partial charge in [-0.1, -0.05) is 29.8 Å². The first-order valence-corrected chi connectivity index (χ1v) is 21.1. The Bertz CT molecular complexity index is 1840. The van der Waals surface area contributed by atoms with Gasteiger partial charge in [0.2, 0.25) is 0 Å². The zero-order valence-corrected chi connectivity index (χ0v) is 34.5. The van der Waals surface area contributed by atoms with Gasteiger partial charge < -0.3 is 37.6 Å². The molecule has 0 saturated carbocycles. The van der Waals surface area contributed by atoms with Gasteiger partial charge in [-0.25, -0.2) is 13.9 Å². The molecular formula is C35H52ClFN4O9P2. The van der Waals surface area contributed by atoms with E-state index in [1.54, 1.807) is 111 Å². The van der Waals surface area contributed by atoms with E-state index < -0.39 is 74.1 Å². The molecule has 290 valence electrons. The number of anilines is 1. The van der Waals surface area contributed by atoms with Crippen molar-refractivity contribution in [2.45, 2.75) is 136 Å². The third kappa shape index (κ3) is 10.2. The number of rotatable bonds is 12. The molecule has 6 atom stereocenters. The quantitative estimate of drug-likeness (QED) is 0.175. The highest BCUT2D eigenvalue weighted by Gasteiger charge is 2.57. The maximum Gasteiger partial charge on any atom is 0.343 e. The zero-order valence-electron chi connectivity index (χ0n) is 31.9. The van der Waals surface area contributed by atoms with E-state index in [1.807, 2.05) is 6.92 Å². The number of imidazole rings is 1. The van der Waals surface area contributed by atoms with Crippen LogP contribution in [0.3, 0.4) is 0 Å². The summed E-state index contributed by atoms with van der Waals surface area (Å²) in [5.41, 5.74) is -0.788. The van der Waals surface area contributed by atoms with Crippen LogP contribution < -0.4 is 5.32 Å². The van der Waals surface area contributed by atoms with E-state index >= 15 is 0 Å². The van der Waals surface area contributed by atoms with E-state index in [4.69, 9.17) is 43.9 Å². The summed E-state index contributed by atoms with van der Waals surface area (Å²) in [6, 6.07) is 7.71. The molecule has 0 radical (unpaired) electrons. The first-order chi connectivity index (χ1) is 23.7. The Hall–Kier alpha value is -1.96. The molecule has 0 amide bonds. The summed E-state index contributed by atoms with van der Waals surface area (Å²) in [7, 11) is -8.27. The normalized spacial score (nSPS) is 24.2. The van der Waals surface area contributed by atoms with Crippen molar-refractivity contribution < 1.29 is 45.8 Å². The Kier molecular flexibility index (Phi) is 11.6. The molecule has 3 aromatic rings. The molecule has 17 heteroatoms. The lowest BCUT2D eigenvalue weighted by Gasteiger charge is -2.35. The predicted octanol–water partition coefficient (Wildman–Crippen LogP) is 9.46. The molecule has 4 heterocycles. The van der Waals surface area contributed by atoms with Crippen molar-refractivity contribution in [3.8, 4) is 0 Å². The number of hydrogen-bond donors (Lipinski definition) is 1. The summed E-state index contributed by atoms with van der Waals surface area (Å²) < 4.78 is 88.2. The van der Waals surface area contributed by atoms with Crippen LogP contribution in [0.4, 0.5) is 10.1 Å². The third-order valence-corrected chi connectivity index (χ3v) is 13.6. The van der Waals surface area contributed by atoms with Crippen LogP contribution in [-0.2, 0) is 41.4 Å². The van der Waals surface area contributed by atoms with Crippen LogP contribution in [0.1, 0.15) is 106 Å². The average molecular weight is 789 g/mol. The minimum Gasteiger partial charge on any atom is -0.375 e. The molecule has 5 rings (SSSR count). The van der Waals surface area contributed by atoms with Crippen LogP contribution in [0, 0.1) is 5.82 Å². The van der Waals surface area contributed by atoms with Crippen LogP contribution >= 0.6 is 26.8 Å². The van der Waals surface area contributed by atoms with E-state index in [9.17, 15) is 13.5 Å². The van der Waals surface area contributed by atoms with Gasteiger partial charge in [0.1, 0.15) is 30.2 Å². The van der Waals surface area contributed by atoms with Gasteiger partial charge in [-0.2, -0.15) is 5.10 Å². The number of ether oxygens (including phenoxy) is 3. The minimum absolute atomic E-state index is 0.160. The molecule has 1 N–H and O–H groups in total. The molecule has 2 fully saturated rings. The van der Waals surface area contributed by atoms with Crippen molar-refractivity contribution in [1.82, 2.24) is 14.6 Å². The maximum atomic E-state index is 14.6. The van der Waals surface area contributed by atoms with E-state index in [0.717, 1.165) is 0 Å². The molecule has 2 aromatic heterocycles. The second-order valence-corrected chi connectivity index (χ2v) is 21.4. The maximum absolute atomic E-state index is 14.6. The second-order valence-electron chi connectivity index (χ2n) is 16.6. The van der Waals surface area contributed by atoms with Gasteiger partial charge >= 0.3 is 15.2 Å². The van der Waals surface area contributed by atoms with Crippen molar-refractivity contribution >= 4 is 38.1 Å². The number of halogens is 2. The fourth-order valence-electron chi connectivity index (χ4n) is 6.27. The smallest absolute Gasteiger partial charge is 0.343 e. The van der Waals surface area contributed by atoms with Gasteiger partial charge in [0, 0.05) is 11.6 Å². The number of aromatic nitrogens is 3. The molecule has 52 heavy (non-hydrogen) atoms. The SMILES string of the molecule is C[C@H](Nc1cc(Cl)nn2c([C@@H]3O[C@H](COP(=O)(CP(=O)(OC(C)(C)C)OC(C)(C)C)OC(C)(C)C)[C@H]4OC(C)(C)O[C@H]43)cnc12)c1ccccc1F. The number of fused-ring (bicyclic) bond motifs is 2. The topological polar surface area (TPSA) is 141 Å². The number of nitrogens with zero attached hydrogens (tertiary/aromatic N) is 3. The van der Waals surface area contributed by atoms with Crippen molar-refractivity contribution in [3.05, 3.63) is 58.8 Å². The lowest BCUT2D eigenvalue weighted by Crippen LogP contribution is -2.33. The van der Waals surface area contributed by atoms with Crippen molar-refractivity contribution in [3.63, 3.8) is 0 Å². The van der Waals surface area contributed by atoms with E-state index in [2.05, 4.69) is 15.4 Å². The minimum atomic E-state index is -4.20. The summed E-state index contributed by atoms with van der Waals surface area (Å²) in [5, 5.41) is 7.98. The van der Waals surface area contributed by atoms with E-state index in [-0.39, 0.29) is 17.6 Å². The highest BCUT2D eigenvalue weighted by Crippen LogP contribution is 2.67. The van der Waals surface area contributed by atoms with Crippen molar-refractivity contribution in [1.29, 1.82) is 0 Å². The van der Waals surface area contributed by atoms with Crippen LogP contribution in [0.15, 0.2) is 36.5 Å². The van der Waals surface area contributed by atoms with Crippen molar-refractivity contribution in [2.24, 2.45) is 0 Å². The Morgan fingerprint density at radius 1 is 0.962 bits per heavy atom. The van der Waals surface area contributed by atoms with Crippen LogP contribution in [0.2, 0.25) is 5.15 Å². The lowest BCUT2D eigenvalue weighted by molar-refractivity contribution is -0.191. The molecule has 2 aliphatic rings. The van der Waals surface area contributed by atoms with Crippen molar-refractivity contribution in [2.75, 3.05) is 17.8 Å². The van der Waals surface area contributed by atoms with Gasteiger partial charge in [-0.05, 0) is 89.2 Å². The summed E-state index contributed by atoms with van der Waals surface area (Å²) in [4.78, 5) is 4.63. The number of hydrogen-bond acceptors (Lipinski definition) is 12. The van der Waals surface area contributed by atoms with E-state index in [0.29, 0.717) is 22.6 Å². The van der Waals surface area contributed by atoms with Gasteiger partial charge in [0.15, 0.2) is 22.5 Å². The molecule has 13 nitrogen and oxygen atoms in total. The molecule has 1 unspecified atom stereocenters. The van der Waals surface area contributed by atoms with Crippen LogP contribution in [-0.4, -0.2) is 68.0 Å². The second kappa shape index (κ2) is 14.6. The molecule has 2 saturated heterocycles. The molecule has 0 spiro atoms. The summed E-state index contributed by atoms with van der Waals surface area (Å²) in [6.45, 7) is 20.7. The average Bonchev–Trinajstić information content (AvgIpc) is 3.59. The number of benzene rings is 1. The highest BCUT2D eigenvalue weighted by molar-refractivity contribution is 7.71. The largest absolute Gasteiger partial charge is 0.375 e. The monoisotopic (exact) mass is 788 g/mol. The Labute approximate surface area is 310 Å². The van der Waals surface area contributed by atoms with Gasteiger partial charge in [0.05, 0.1) is 47.0 Å². The zero-order chi connectivity index (χ0) is 38.7. The Morgan fingerprint density at radius 3 is 2.13 bits per heavy atom. The first-order valence-electron chi connectivity index (χ1n) is 17.3. The van der Waals surface area contributed by atoms with Crippen LogP contribution in [0.25, 0.3) is 5.65 Å². The third-order valence-electron chi connectivity index (χ3n) is 7.67. The summed E-state index contributed by atoms with van der Waals surface area (Å²) >= 11 is 6.51. The fourth-order valence-corrected chi connectivity index (χ4v) is 12.1. The summed E-state index contributed by atoms with van der Waals surface area (Å²) in [6.07, 6.45) is -1.31. The summed E-state index contributed by atoms with van der Waals surface area (Å²) in [5.74, 6) is -1.97. The molecule has 0 bridgehead atoms. The number of nitrogens with one attached hydrogen (secondary N) is 1. The highest BCUT2D eigenvalue weighted by atomic mass is 35.5. The predicted molar refractivity (Wildman–Crippen MR) is 196 cm³/mol. The van der Waals surface area contributed by atoms with Gasteiger partial charge in [-0.3, -0.25) is 9.13 Å². The fraction of sp³-hybridized carbons (Fsp3) is 0.657. The standard InChI is InChI=1S/C35H52ClFN4O9P2/c1-21(22-15-13-14-16-23(22)37)39-24-17-27(36)40-41-25(18-38-31(24)41)28-30-29(46-35(11,12)47-30)26(45-28)19-44-51(42,48-32(2,3)4)20-52(43,49-33(5,6)7)50-34(8,9)10/h13-18,21,26,28-30,39H,19-20H2,1-12H3/t21-,26+,28-,29+,30-,51?/m0/s1. The molecule has 0 aliphatic carbocycles. The van der Waals surface area contributed by atoms with Gasteiger partial charge in [-0.15, -0.1) is 0 Å². The van der Waals surface area contributed by atoms with E-state index in [1.165, 1.54) is 6.07 Å². The molecular weight excluding hydrogens is 737 g/mol. The van der Waals surface area contributed by atoms with Gasteiger partial charge in [0.25, 0.3) is 0 Å². The van der Waals surface area contributed by atoms with Crippen LogP contribution in [0.5, 0.6) is 0 Å². The lowest BCUT2D eigenvalue weighted by atomic mass is 10.1. The first kappa shape index (κ1) is 41.2. The molecule has 1 aromatic carbocycles. The Morgan fingerprint density at radius 2 is 1.54 bits per heavy atom.